The van der Waals surface area contributed by atoms with E-state index in [4.69, 9.17) is 12.2 Å². The molecule has 0 saturated carbocycles. The van der Waals surface area contributed by atoms with Gasteiger partial charge in [0.2, 0.25) is 5.91 Å². The number of nitrogens with one attached hydrogen (secondary N) is 2. The average Bonchev–Trinajstić information content (AvgIpc) is 3.28. The maximum Gasteiger partial charge on any atom is 0.269 e. The van der Waals surface area contributed by atoms with Crippen molar-refractivity contribution in [3.05, 3.63) is 57.4 Å². The van der Waals surface area contributed by atoms with E-state index in [0.717, 1.165) is 4.88 Å². The minimum atomic E-state index is -0.449. The van der Waals surface area contributed by atoms with Crippen LogP contribution >= 0.6 is 35.3 Å². The molecule has 0 aromatic carbocycles. The molecule has 3 heterocycles. The highest BCUT2D eigenvalue weighted by Gasteiger charge is 2.32. The number of aromatic nitrogens is 1. The summed E-state index contributed by atoms with van der Waals surface area (Å²) < 4.78 is 0.413. The maximum atomic E-state index is 12.5. The van der Waals surface area contributed by atoms with E-state index in [1.165, 1.54) is 52.5 Å². The zero-order valence-corrected chi connectivity index (χ0v) is 16.3. The number of amides is 3. The van der Waals surface area contributed by atoms with Crippen LogP contribution in [0.2, 0.25) is 0 Å². The molecule has 0 unspecified atom stereocenters. The summed E-state index contributed by atoms with van der Waals surface area (Å²) in [5, 5.41) is 1.93. The predicted octanol–water partition coefficient (Wildman–Crippen LogP) is 2.20. The van der Waals surface area contributed by atoms with E-state index in [-0.39, 0.29) is 18.9 Å². The number of carbonyl (C=O) groups is 3. The third kappa shape index (κ3) is 5.00. The topological polar surface area (TPSA) is 91.4 Å². The fourth-order valence-electron chi connectivity index (χ4n) is 2.17. The Kier molecular flexibility index (Phi) is 6.32. The number of hydrogen-bond acceptors (Lipinski definition) is 7. The average molecular weight is 419 g/mol. The lowest BCUT2D eigenvalue weighted by Crippen LogP contribution is -2.43. The number of thiocarbonyl (C=S) groups is 1. The Labute approximate surface area is 168 Å². The highest BCUT2D eigenvalue weighted by molar-refractivity contribution is 8.26. The first-order chi connectivity index (χ1) is 13.0. The van der Waals surface area contributed by atoms with Gasteiger partial charge in [0.25, 0.3) is 11.8 Å². The summed E-state index contributed by atoms with van der Waals surface area (Å²) in [7, 11) is 0. The Morgan fingerprint density at radius 2 is 2.00 bits per heavy atom. The fraction of sp³-hybridized carbons (Fsp3) is 0.118. The number of thiophene rings is 1. The summed E-state index contributed by atoms with van der Waals surface area (Å²) >= 11 is 7.98. The first kappa shape index (κ1) is 19.2. The number of rotatable bonds is 5. The SMILES string of the molecule is O=C(CCN1C(=O)/C(=C/c2cccs2)SC1=S)NNC(=O)c1ccncc1. The number of hydrazine groups is 1. The zero-order chi connectivity index (χ0) is 19.2. The molecule has 138 valence electrons. The Balaban J connectivity index is 1.49. The lowest BCUT2D eigenvalue weighted by molar-refractivity contribution is -0.124. The molecule has 0 atom stereocenters. The molecule has 0 radical (unpaired) electrons. The van der Waals surface area contributed by atoms with Crippen molar-refractivity contribution in [2.24, 2.45) is 0 Å². The highest BCUT2D eigenvalue weighted by Crippen LogP contribution is 2.33. The predicted molar refractivity (Wildman–Crippen MR) is 109 cm³/mol. The molecule has 7 nitrogen and oxygen atoms in total. The maximum absolute atomic E-state index is 12.5. The Bertz CT molecular complexity index is 897. The Morgan fingerprint density at radius 3 is 2.70 bits per heavy atom. The Morgan fingerprint density at radius 1 is 1.22 bits per heavy atom. The van der Waals surface area contributed by atoms with E-state index in [9.17, 15) is 14.4 Å². The van der Waals surface area contributed by atoms with E-state index < -0.39 is 11.8 Å². The van der Waals surface area contributed by atoms with Crippen LogP contribution in [0.25, 0.3) is 6.08 Å². The lowest BCUT2D eigenvalue weighted by Gasteiger charge is -2.14. The molecule has 3 amide bonds. The van der Waals surface area contributed by atoms with Gasteiger partial charge in [0.1, 0.15) is 4.32 Å². The molecule has 0 aliphatic carbocycles. The second-order valence-electron chi connectivity index (χ2n) is 5.34. The molecular formula is C17H14N4O3S3. The van der Waals surface area contributed by atoms with Crippen LogP contribution < -0.4 is 10.9 Å². The molecule has 1 aliphatic heterocycles. The summed E-state index contributed by atoms with van der Waals surface area (Å²) in [5.74, 6) is -1.09. The second kappa shape index (κ2) is 8.89. The molecule has 2 aromatic heterocycles. The van der Waals surface area contributed by atoms with Gasteiger partial charge in [0.05, 0.1) is 4.91 Å². The van der Waals surface area contributed by atoms with E-state index in [1.54, 1.807) is 6.08 Å². The van der Waals surface area contributed by atoms with E-state index in [1.807, 2.05) is 17.5 Å². The third-order valence-electron chi connectivity index (χ3n) is 3.51. The smallest absolute Gasteiger partial charge is 0.269 e. The van der Waals surface area contributed by atoms with Crippen LogP contribution in [0.15, 0.2) is 46.9 Å². The van der Waals surface area contributed by atoms with Gasteiger partial charge in [-0.15, -0.1) is 11.3 Å². The molecule has 0 spiro atoms. The lowest BCUT2D eigenvalue weighted by atomic mass is 10.2. The monoisotopic (exact) mass is 418 g/mol. The van der Waals surface area contributed by atoms with Crippen molar-refractivity contribution in [1.29, 1.82) is 0 Å². The van der Waals surface area contributed by atoms with Gasteiger partial charge >= 0.3 is 0 Å². The summed E-state index contributed by atoms with van der Waals surface area (Å²) in [4.78, 5) is 43.0. The molecule has 27 heavy (non-hydrogen) atoms. The van der Waals surface area contributed by atoms with Crippen molar-refractivity contribution >= 4 is 63.4 Å². The first-order valence-corrected chi connectivity index (χ1v) is 9.93. The second-order valence-corrected chi connectivity index (χ2v) is 7.99. The van der Waals surface area contributed by atoms with Crippen molar-refractivity contribution in [3.8, 4) is 0 Å². The summed E-state index contributed by atoms with van der Waals surface area (Å²) in [5.41, 5.74) is 5.02. The van der Waals surface area contributed by atoms with Crippen LogP contribution in [0.3, 0.4) is 0 Å². The van der Waals surface area contributed by atoms with Crippen LogP contribution in [0.5, 0.6) is 0 Å². The van der Waals surface area contributed by atoms with Gasteiger partial charge in [-0.3, -0.25) is 35.1 Å². The number of nitrogens with zero attached hydrogens (tertiary/aromatic N) is 2. The van der Waals surface area contributed by atoms with Crippen LogP contribution in [0, 0.1) is 0 Å². The summed E-state index contributed by atoms with van der Waals surface area (Å²) in [6, 6.07) is 6.88. The third-order valence-corrected chi connectivity index (χ3v) is 5.71. The van der Waals surface area contributed by atoms with Gasteiger partial charge < -0.3 is 0 Å². The minimum absolute atomic E-state index is 0.00927. The molecule has 3 rings (SSSR count). The van der Waals surface area contributed by atoms with E-state index in [2.05, 4.69) is 15.8 Å². The molecule has 1 saturated heterocycles. The molecular weight excluding hydrogens is 404 g/mol. The first-order valence-electron chi connectivity index (χ1n) is 7.82. The molecule has 10 heteroatoms. The normalized spacial score (nSPS) is 15.3. The number of hydrogen-bond donors (Lipinski definition) is 2. The van der Waals surface area contributed by atoms with Crippen molar-refractivity contribution in [2.45, 2.75) is 6.42 Å². The number of pyridine rings is 1. The molecule has 1 fully saturated rings. The highest BCUT2D eigenvalue weighted by atomic mass is 32.2. The van der Waals surface area contributed by atoms with E-state index in [0.29, 0.717) is 14.8 Å². The quantitative estimate of drug-likeness (QED) is 0.439. The van der Waals surface area contributed by atoms with Crippen molar-refractivity contribution < 1.29 is 14.4 Å². The van der Waals surface area contributed by atoms with Gasteiger partial charge in [-0.1, -0.05) is 30.0 Å². The molecule has 2 aromatic rings. The Hall–Kier alpha value is -2.56. The van der Waals surface area contributed by atoms with Crippen molar-refractivity contribution in [2.75, 3.05) is 6.54 Å². The van der Waals surface area contributed by atoms with Gasteiger partial charge in [-0.2, -0.15) is 0 Å². The fourth-order valence-corrected chi connectivity index (χ4v) is 4.20. The number of thioether (sulfide) groups is 1. The van der Waals surface area contributed by atoms with E-state index >= 15 is 0 Å². The summed E-state index contributed by atoms with van der Waals surface area (Å²) in [6.07, 6.45) is 4.76. The van der Waals surface area contributed by atoms with Gasteiger partial charge in [0, 0.05) is 35.8 Å². The van der Waals surface area contributed by atoms with Crippen molar-refractivity contribution in [1.82, 2.24) is 20.7 Å². The minimum Gasteiger partial charge on any atom is -0.292 e. The summed E-state index contributed by atoms with van der Waals surface area (Å²) in [6.45, 7) is 0.142. The van der Waals surface area contributed by atoms with Gasteiger partial charge in [0.15, 0.2) is 0 Å². The van der Waals surface area contributed by atoms with Crippen molar-refractivity contribution in [3.63, 3.8) is 0 Å². The standard InChI is InChI=1S/C17H14N4O3S3/c22-14(19-20-15(23)11-3-6-18-7-4-11)5-8-21-16(24)13(27-17(21)25)10-12-2-1-9-26-12/h1-4,6-7,9-10H,5,8H2,(H,19,22)(H,20,23)/b13-10-. The van der Waals surface area contributed by atoms with Gasteiger partial charge in [-0.25, -0.2) is 0 Å². The van der Waals surface area contributed by atoms with Gasteiger partial charge in [-0.05, 0) is 29.7 Å². The number of carbonyl (C=O) groups excluding carboxylic acids is 3. The van der Waals surface area contributed by atoms with Crippen LogP contribution in [0.4, 0.5) is 0 Å². The molecule has 0 bridgehead atoms. The van der Waals surface area contributed by atoms with Crippen LogP contribution in [0.1, 0.15) is 21.7 Å². The molecule has 1 aliphatic rings. The zero-order valence-electron chi connectivity index (χ0n) is 13.9. The van der Waals surface area contributed by atoms with Crippen LogP contribution in [-0.4, -0.2) is 38.5 Å². The molecule has 2 N–H and O–H groups in total. The largest absolute Gasteiger partial charge is 0.292 e. The van der Waals surface area contributed by atoms with Crippen LogP contribution in [-0.2, 0) is 9.59 Å².